The molecular formula is C19H21N3O2S. The lowest BCUT2D eigenvalue weighted by Gasteiger charge is -2.10. The van der Waals surface area contributed by atoms with Crippen LogP contribution in [0.1, 0.15) is 24.8 Å². The molecule has 3 rings (SSSR count). The Morgan fingerprint density at radius 3 is 2.80 bits per heavy atom. The Morgan fingerprint density at radius 1 is 1.24 bits per heavy atom. The number of methoxy groups -OCH3 is 1. The first-order valence-electron chi connectivity index (χ1n) is 8.14. The Hall–Kier alpha value is -2.60. The van der Waals surface area contributed by atoms with Crippen molar-refractivity contribution in [2.24, 2.45) is 0 Å². The lowest BCUT2D eigenvalue weighted by atomic mass is 10.2. The fourth-order valence-electron chi connectivity index (χ4n) is 2.42. The average Bonchev–Trinajstić information content (AvgIpc) is 3.04. The molecule has 6 heteroatoms. The molecule has 2 N–H and O–H groups in total. The lowest BCUT2D eigenvalue weighted by Crippen LogP contribution is -2.22. The second kappa shape index (κ2) is 7.53. The highest BCUT2D eigenvalue weighted by molar-refractivity contribution is 7.18. The molecule has 2 aromatic carbocycles. The van der Waals surface area contributed by atoms with Gasteiger partial charge in [-0.2, -0.15) is 0 Å². The van der Waals surface area contributed by atoms with Crippen LogP contribution < -0.4 is 15.4 Å². The molecule has 0 fully saturated rings. The number of hydrogen-bond donors (Lipinski definition) is 2. The van der Waals surface area contributed by atoms with Crippen LogP contribution in [0.3, 0.4) is 0 Å². The van der Waals surface area contributed by atoms with Gasteiger partial charge in [-0.05, 0) is 30.3 Å². The summed E-state index contributed by atoms with van der Waals surface area (Å²) in [6.07, 6.45) is 0. The van der Waals surface area contributed by atoms with E-state index in [4.69, 9.17) is 4.74 Å². The van der Waals surface area contributed by atoms with Gasteiger partial charge in [0.1, 0.15) is 5.75 Å². The number of amides is 1. The van der Waals surface area contributed by atoms with Crippen LogP contribution in [0.25, 0.3) is 10.2 Å². The quantitative estimate of drug-likeness (QED) is 0.684. The number of thiazole rings is 1. The Kier molecular flexibility index (Phi) is 5.19. The van der Waals surface area contributed by atoms with Gasteiger partial charge in [0.15, 0.2) is 0 Å². The van der Waals surface area contributed by atoms with Crippen molar-refractivity contribution in [1.29, 1.82) is 0 Å². The molecule has 0 aliphatic carbocycles. The molecule has 0 radical (unpaired) electrons. The second-order valence-corrected chi connectivity index (χ2v) is 7.05. The molecule has 0 aliphatic rings. The predicted octanol–water partition coefficient (Wildman–Crippen LogP) is 4.48. The number of carbonyl (C=O) groups excluding carboxylic acids is 1. The number of anilines is 2. The van der Waals surface area contributed by atoms with Crippen molar-refractivity contribution < 1.29 is 9.53 Å². The van der Waals surface area contributed by atoms with E-state index in [1.165, 1.54) is 0 Å². The number of benzene rings is 2. The van der Waals surface area contributed by atoms with Gasteiger partial charge in [-0.3, -0.25) is 4.79 Å². The summed E-state index contributed by atoms with van der Waals surface area (Å²) in [4.78, 5) is 16.8. The van der Waals surface area contributed by atoms with E-state index in [0.29, 0.717) is 17.4 Å². The van der Waals surface area contributed by atoms with Gasteiger partial charge in [0.05, 0.1) is 34.6 Å². The van der Waals surface area contributed by atoms with E-state index in [2.05, 4.69) is 29.5 Å². The molecule has 0 atom stereocenters. The molecule has 1 heterocycles. The van der Waals surface area contributed by atoms with Gasteiger partial charge < -0.3 is 15.4 Å². The Morgan fingerprint density at radius 2 is 2.04 bits per heavy atom. The molecule has 25 heavy (non-hydrogen) atoms. The third kappa shape index (κ3) is 4.09. The minimum atomic E-state index is -0.128. The Balaban J connectivity index is 1.64. The maximum absolute atomic E-state index is 12.2. The highest BCUT2D eigenvalue weighted by atomic mass is 32.1. The van der Waals surface area contributed by atoms with Crippen molar-refractivity contribution in [3.05, 3.63) is 47.5 Å². The molecule has 0 spiro atoms. The zero-order chi connectivity index (χ0) is 17.8. The van der Waals surface area contributed by atoms with Crippen molar-refractivity contribution in [2.75, 3.05) is 24.3 Å². The smallest absolute Gasteiger partial charge is 0.243 e. The van der Waals surface area contributed by atoms with Gasteiger partial charge in [-0.25, -0.2) is 4.98 Å². The third-order valence-corrected chi connectivity index (χ3v) is 5.05. The number of aromatic nitrogens is 1. The zero-order valence-corrected chi connectivity index (χ0v) is 15.3. The molecule has 5 nitrogen and oxygen atoms in total. The van der Waals surface area contributed by atoms with Gasteiger partial charge in [0.2, 0.25) is 5.91 Å². The lowest BCUT2D eigenvalue weighted by molar-refractivity contribution is -0.114. The van der Waals surface area contributed by atoms with Crippen LogP contribution in [0.2, 0.25) is 0 Å². The van der Waals surface area contributed by atoms with Gasteiger partial charge in [-0.1, -0.05) is 26.0 Å². The second-order valence-electron chi connectivity index (χ2n) is 5.99. The van der Waals surface area contributed by atoms with Gasteiger partial charge >= 0.3 is 0 Å². The highest BCUT2D eigenvalue weighted by Crippen LogP contribution is 2.29. The summed E-state index contributed by atoms with van der Waals surface area (Å²) in [6.45, 7) is 4.46. The SMILES string of the molecule is COc1ccccc1NC(=O)CNc1ccc2nc(C(C)C)sc2c1. The van der Waals surface area contributed by atoms with Crippen LogP contribution in [-0.2, 0) is 4.79 Å². The summed E-state index contributed by atoms with van der Waals surface area (Å²) in [7, 11) is 1.58. The van der Waals surface area contributed by atoms with Crippen LogP contribution in [0, 0.1) is 0 Å². The summed E-state index contributed by atoms with van der Waals surface area (Å²) in [6, 6.07) is 13.3. The number of nitrogens with zero attached hydrogens (tertiary/aromatic N) is 1. The summed E-state index contributed by atoms with van der Waals surface area (Å²) >= 11 is 1.69. The summed E-state index contributed by atoms with van der Waals surface area (Å²) in [5.74, 6) is 0.931. The summed E-state index contributed by atoms with van der Waals surface area (Å²) in [5.41, 5.74) is 2.57. The number of carbonyl (C=O) groups is 1. The number of fused-ring (bicyclic) bond motifs is 1. The van der Waals surface area contributed by atoms with E-state index >= 15 is 0 Å². The highest BCUT2D eigenvalue weighted by Gasteiger charge is 2.09. The van der Waals surface area contributed by atoms with Crippen molar-refractivity contribution in [3.63, 3.8) is 0 Å². The summed E-state index contributed by atoms with van der Waals surface area (Å²) in [5, 5.41) is 7.14. The van der Waals surface area contributed by atoms with Gasteiger partial charge in [-0.15, -0.1) is 11.3 Å². The number of para-hydroxylation sites is 2. The number of ether oxygens (including phenoxy) is 1. The molecule has 0 aliphatic heterocycles. The maximum atomic E-state index is 12.2. The first kappa shape index (κ1) is 17.2. The van der Waals surface area contributed by atoms with E-state index in [9.17, 15) is 4.79 Å². The first-order valence-corrected chi connectivity index (χ1v) is 8.95. The molecule has 3 aromatic rings. The fourth-order valence-corrected chi connectivity index (χ4v) is 3.43. The number of hydrogen-bond acceptors (Lipinski definition) is 5. The van der Waals surface area contributed by atoms with E-state index in [1.807, 2.05) is 42.5 Å². The van der Waals surface area contributed by atoms with Crippen molar-refractivity contribution >= 4 is 38.8 Å². The zero-order valence-electron chi connectivity index (χ0n) is 14.5. The third-order valence-electron chi connectivity index (χ3n) is 3.73. The minimum absolute atomic E-state index is 0.128. The fraction of sp³-hybridized carbons (Fsp3) is 0.263. The summed E-state index contributed by atoms with van der Waals surface area (Å²) < 4.78 is 6.36. The van der Waals surface area contributed by atoms with Crippen LogP contribution in [0.5, 0.6) is 5.75 Å². The van der Waals surface area contributed by atoms with Crippen molar-refractivity contribution in [3.8, 4) is 5.75 Å². The molecule has 0 bridgehead atoms. The standard InChI is InChI=1S/C19H21N3O2S/c1-12(2)19-22-15-9-8-13(10-17(15)25-19)20-11-18(23)21-14-6-4-5-7-16(14)24-3/h4-10,12,20H,11H2,1-3H3,(H,21,23). The molecule has 0 unspecified atom stereocenters. The molecular weight excluding hydrogens is 334 g/mol. The Labute approximate surface area is 151 Å². The molecule has 0 saturated carbocycles. The number of nitrogens with one attached hydrogen (secondary N) is 2. The minimum Gasteiger partial charge on any atom is -0.495 e. The number of rotatable bonds is 6. The molecule has 1 aromatic heterocycles. The van der Waals surface area contributed by atoms with Gasteiger partial charge in [0.25, 0.3) is 0 Å². The van der Waals surface area contributed by atoms with Crippen molar-refractivity contribution in [2.45, 2.75) is 19.8 Å². The topological polar surface area (TPSA) is 63.2 Å². The van der Waals surface area contributed by atoms with E-state index in [0.717, 1.165) is 20.9 Å². The largest absolute Gasteiger partial charge is 0.495 e. The normalized spacial score (nSPS) is 10.9. The molecule has 0 saturated heterocycles. The van der Waals surface area contributed by atoms with Crippen LogP contribution in [-0.4, -0.2) is 24.5 Å². The Bertz CT molecular complexity index is 889. The van der Waals surface area contributed by atoms with E-state index in [-0.39, 0.29) is 12.5 Å². The van der Waals surface area contributed by atoms with E-state index < -0.39 is 0 Å². The van der Waals surface area contributed by atoms with Crippen LogP contribution in [0.4, 0.5) is 11.4 Å². The monoisotopic (exact) mass is 355 g/mol. The average molecular weight is 355 g/mol. The molecule has 130 valence electrons. The predicted molar refractivity (Wildman–Crippen MR) is 104 cm³/mol. The van der Waals surface area contributed by atoms with Crippen LogP contribution in [0.15, 0.2) is 42.5 Å². The van der Waals surface area contributed by atoms with Crippen molar-refractivity contribution in [1.82, 2.24) is 4.98 Å². The van der Waals surface area contributed by atoms with Crippen LogP contribution >= 0.6 is 11.3 Å². The van der Waals surface area contributed by atoms with Gasteiger partial charge in [0, 0.05) is 11.6 Å². The first-order chi connectivity index (χ1) is 12.1. The maximum Gasteiger partial charge on any atom is 0.243 e. The molecule has 1 amide bonds. The van der Waals surface area contributed by atoms with E-state index in [1.54, 1.807) is 18.4 Å².